The molecule has 0 bridgehead atoms. The smallest absolute Gasteiger partial charge is 0.255 e. The van der Waals surface area contributed by atoms with E-state index in [1.807, 2.05) is 49.6 Å². The Hall–Kier alpha value is -3.30. The van der Waals surface area contributed by atoms with Crippen molar-refractivity contribution in [2.75, 3.05) is 20.3 Å². The maximum absolute atomic E-state index is 13.4. The Kier molecular flexibility index (Phi) is 5.94. The third-order valence-electron chi connectivity index (χ3n) is 6.02. The van der Waals surface area contributed by atoms with Crippen molar-refractivity contribution in [3.05, 3.63) is 71.0 Å². The lowest BCUT2D eigenvalue weighted by Crippen LogP contribution is -2.30. The highest BCUT2D eigenvalue weighted by molar-refractivity contribution is 7.89. The highest BCUT2D eigenvalue weighted by atomic mass is 32.2. The molecule has 1 atom stereocenters. The molecule has 2 heterocycles. The number of carbonyl (C=O) groups excluding carboxylic acids is 1. The van der Waals surface area contributed by atoms with Crippen LogP contribution in [0.3, 0.4) is 0 Å². The summed E-state index contributed by atoms with van der Waals surface area (Å²) >= 11 is 0. The van der Waals surface area contributed by atoms with Gasteiger partial charge in [0.25, 0.3) is 5.91 Å². The van der Waals surface area contributed by atoms with Crippen molar-refractivity contribution in [1.29, 1.82) is 0 Å². The number of sulfonamides is 1. The first kappa shape index (κ1) is 22.9. The number of benzene rings is 2. The highest BCUT2D eigenvalue weighted by Gasteiger charge is 2.25. The van der Waals surface area contributed by atoms with Gasteiger partial charge in [0.1, 0.15) is 13.2 Å². The number of carbonyl (C=O) groups is 1. The minimum atomic E-state index is -3.83. The zero-order valence-electron chi connectivity index (χ0n) is 19.0. The van der Waals surface area contributed by atoms with Crippen LogP contribution < -0.4 is 14.6 Å². The van der Waals surface area contributed by atoms with Gasteiger partial charge < -0.3 is 18.9 Å². The van der Waals surface area contributed by atoms with Gasteiger partial charge >= 0.3 is 0 Å². The fraction of sp³-hybridized carbons (Fsp3) is 0.292. The quantitative estimate of drug-likeness (QED) is 0.617. The number of nitrogens with two attached hydrogens (primary N) is 1. The number of hydrogen-bond donors (Lipinski definition) is 1. The molecule has 0 fully saturated rings. The number of hydrogen-bond acceptors (Lipinski definition) is 5. The SMILES string of the molecule is Cc1cc(C(=O)N(C)C(C)c2cccc(S(N)(=O)=O)c2)c(C)n1-c1ccc2c(c1)OCCO2. The molecule has 0 saturated heterocycles. The van der Waals surface area contributed by atoms with Crippen LogP contribution in [-0.4, -0.2) is 44.1 Å². The first-order chi connectivity index (χ1) is 15.6. The summed E-state index contributed by atoms with van der Waals surface area (Å²) in [6.07, 6.45) is 0. The normalized spacial score (nSPS) is 14.1. The monoisotopic (exact) mass is 469 g/mol. The van der Waals surface area contributed by atoms with E-state index in [1.54, 1.807) is 24.1 Å². The van der Waals surface area contributed by atoms with Gasteiger partial charge in [-0.15, -0.1) is 0 Å². The summed E-state index contributed by atoms with van der Waals surface area (Å²) in [7, 11) is -2.13. The Balaban J connectivity index is 1.64. The molecule has 3 aromatic rings. The summed E-state index contributed by atoms with van der Waals surface area (Å²) in [5, 5.41) is 5.26. The number of rotatable bonds is 5. The standard InChI is InChI=1S/C24H27N3O5S/c1-15-12-21(17(3)27(15)19-8-9-22-23(14-19)32-11-10-31-22)24(28)26(4)16(2)18-6-5-7-20(13-18)33(25,29)30/h5-9,12-14,16H,10-11H2,1-4H3,(H2,25,29,30). The van der Waals surface area contributed by atoms with Gasteiger partial charge in [0.15, 0.2) is 11.5 Å². The first-order valence-electron chi connectivity index (χ1n) is 10.6. The second-order valence-electron chi connectivity index (χ2n) is 8.16. The van der Waals surface area contributed by atoms with Crippen LogP contribution in [0, 0.1) is 13.8 Å². The predicted molar refractivity (Wildman–Crippen MR) is 125 cm³/mol. The number of aromatic nitrogens is 1. The van der Waals surface area contributed by atoms with Gasteiger partial charge in [-0.1, -0.05) is 12.1 Å². The molecule has 0 aliphatic carbocycles. The molecule has 174 valence electrons. The summed E-state index contributed by atoms with van der Waals surface area (Å²) in [4.78, 5) is 15.0. The van der Waals surface area contributed by atoms with E-state index in [2.05, 4.69) is 0 Å². The van der Waals surface area contributed by atoms with E-state index in [0.29, 0.717) is 35.8 Å². The fourth-order valence-electron chi connectivity index (χ4n) is 4.09. The van der Waals surface area contributed by atoms with E-state index in [-0.39, 0.29) is 16.8 Å². The molecule has 1 amide bonds. The molecule has 1 aromatic heterocycles. The fourth-order valence-corrected chi connectivity index (χ4v) is 4.66. The Labute approximate surface area is 193 Å². The van der Waals surface area contributed by atoms with Gasteiger partial charge in [-0.2, -0.15) is 0 Å². The molecular formula is C24H27N3O5S. The third kappa shape index (κ3) is 4.34. The average molecular weight is 470 g/mol. The lowest BCUT2D eigenvalue weighted by Gasteiger charge is -2.26. The predicted octanol–water partition coefficient (Wildman–Crippen LogP) is 3.35. The Morgan fingerprint density at radius 2 is 1.76 bits per heavy atom. The molecule has 2 N–H and O–H groups in total. The molecule has 1 aliphatic heterocycles. The van der Waals surface area contributed by atoms with Crippen LogP contribution >= 0.6 is 0 Å². The summed E-state index contributed by atoms with van der Waals surface area (Å²) in [6, 6.07) is 13.6. The molecule has 1 unspecified atom stereocenters. The molecule has 33 heavy (non-hydrogen) atoms. The first-order valence-corrected chi connectivity index (χ1v) is 12.1. The van der Waals surface area contributed by atoms with Gasteiger partial charge in [0, 0.05) is 30.2 Å². The van der Waals surface area contributed by atoms with Gasteiger partial charge in [-0.25, -0.2) is 13.6 Å². The zero-order chi connectivity index (χ0) is 23.9. The van der Waals surface area contributed by atoms with Crippen molar-refractivity contribution in [1.82, 2.24) is 9.47 Å². The number of amides is 1. The van der Waals surface area contributed by atoms with E-state index in [1.165, 1.54) is 12.1 Å². The summed E-state index contributed by atoms with van der Waals surface area (Å²) < 4.78 is 36.8. The van der Waals surface area contributed by atoms with Crippen LogP contribution in [0.2, 0.25) is 0 Å². The summed E-state index contributed by atoms with van der Waals surface area (Å²) in [5.74, 6) is 1.22. The average Bonchev–Trinajstić information content (AvgIpc) is 3.10. The minimum Gasteiger partial charge on any atom is -0.486 e. The van der Waals surface area contributed by atoms with Crippen LogP contribution in [-0.2, 0) is 10.0 Å². The molecule has 2 aromatic carbocycles. The van der Waals surface area contributed by atoms with Gasteiger partial charge in [0.05, 0.1) is 16.5 Å². The van der Waals surface area contributed by atoms with Crippen molar-refractivity contribution >= 4 is 15.9 Å². The molecule has 4 rings (SSSR count). The number of fused-ring (bicyclic) bond motifs is 1. The van der Waals surface area contributed by atoms with E-state index in [4.69, 9.17) is 14.6 Å². The van der Waals surface area contributed by atoms with Crippen molar-refractivity contribution in [3.63, 3.8) is 0 Å². The molecule has 0 spiro atoms. The van der Waals surface area contributed by atoms with Crippen LogP contribution in [0.5, 0.6) is 11.5 Å². The molecule has 0 saturated carbocycles. The summed E-state index contributed by atoms with van der Waals surface area (Å²) in [6.45, 7) is 6.72. The number of ether oxygens (including phenoxy) is 2. The zero-order valence-corrected chi connectivity index (χ0v) is 19.8. The lowest BCUT2D eigenvalue weighted by atomic mass is 10.1. The van der Waals surface area contributed by atoms with Crippen molar-refractivity contribution < 1.29 is 22.7 Å². The second-order valence-corrected chi connectivity index (χ2v) is 9.72. The van der Waals surface area contributed by atoms with Gasteiger partial charge in [0.2, 0.25) is 10.0 Å². The minimum absolute atomic E-state index is 0.0180. The van der Waals surface area contributed by atoms with E-state index in [9.17, 15) is 13.2 Å². The Bertz CT molecular complexity index is 1330. The molecular weight excluding hydrogens is 442 g/mol. The Morgan fingerprint density at radius 1 is 1.06 bits per heavy atom. The van der Waals surface area contributed by atoms with Crippen LogP contribution in [0.4, 0.5) is 0 Å². The van der Waals surface area contributed by atoms with E-state index in [0.717, 1.165) is 17.1 Å². The third-order valence-corrected chi connectivity index (χ3v) is 6.93. The summed E-state index contributed by atoms with van der Waals surface area (Å²) in [5.41, 5.74) is 3.83. The van der Waals surface area contributed by atoms with Gasteiger partial charge in [-0.3, -0.25) is 4.79 Å². The van der Waals surface area contributed by atoms with Crippen molar-refractivity contribution in [2.24, 2.45) is 5.14 Å². The van der Waals surface area contributed by atoms with E-state index < -0.39 is 10.0 Å². The van der Waals surface area contributed by atoms with Crippen LogP contribution in [0.25, 0.3) is 5.69 Å². The highest BCUT2D eigenvalue weighted by Crippen LogP contribution is 2.34. The largest absolute Gasteiger partial charge is 0.486 e. The second kappa shape index (κ2) is 8.57. The van der Waals surface area contributed by atoms with Crippen molar-refractivity contribution in [2.45, 2.75) is 31.7 Å². The van der Waals surface area contributed by atoms with Crippen LogP contribution in [0.1, 0.15) is 40.3 Å². The number of nitrogens with zero attached hydrogens (tertiary/aromatic N) is 2. The molecule has 8 nitrogen and oxygen atoms in total. The van der Waals surface area contributed by atoms with Crippen molar-refractivity contribution in [3.8, 4) is 17.2 Å². The molecule has 9 heteroatoms. The topological polar surface area (TPSA) is 104 Å². The molecule has 0 radical (unpaired) electrons. The van der Waals surface area contributed by atoms with Crippen LogP contribution in [0.15, 0.2) is 53.4 Å². The number of aryl methyl sites for hydroxylation is 1. The number of primary sulfonamides is 1. The maximum Gasteiger partial charge on any atom is 0.255 e. The maximum atomic E-state index is 13.4. The Morgan fingerprint density at radius 3 is 2.45 bits per heavy atom. The molecule has 1 aliphatic rings. The van der Waals surface area contributed by atoms with E-state index >= 15 is 0 Å². The lowest BCUT2D eigenvalue weighted by molar-refractivity contribution is 0.0742. The van der Waals surface area contributed by atoms with Gasteiger partial charge in [-0.05, 0) is 56.7 Å².